The zero-order valence-electron chi connectivity index (χ0n) is 20.5. The van der Waals surface area contributed by atoms with E-state index in [-0.39, 0.29) is 12.7 Å². The third-order valence-electron chi connectivity index (χ3n) is 6.90. The zero-order chi connectivity index (χ0) is 26.6. The Morgan fingerprint density at radius 2 is 1.84 bits per heavy atom. The molecule has 1 saturated carbocycles. The summed E-state index contributed by atoms with van der Waals surface area (Å²) in [5.41, 5.74) is -1.40. The van der Waals surface area contributed by atoms with Crippen molar-refractivity contribution in [3.63, 3.8) is 0 Å². The standard InChI is InChI=1S/C25H27ClN4O5S2/c1-23(2,3)25(30-37(27,32)33,16-6-4-5-7-17(16)26)20-13-28-22(36-20)29-21(31)24(10-11-24)15-8-9-18-19(12-15)35-14-34-18/h4-9,12-13,30H,10-11,14H2,1-3H3,(H2,27,32,33)(H,28,29,31)/t25-/m0/s1. The Morgan fingerprint density at radius 1 is 1.14 bits per heavy atom. The third-order valence-corrected chi connectivity index (χ3v) is 8.86. The molecule has 0 spiro atoms. The molecule has 2 heterocycles. The molecule has 5 rings (SSSR count). The topological polar surface area (TPSA) is 133 Å². The second-order valence-corrected chi connectivity index (χ2v) is 13.0. The molecule has 0 radical (unpaired) electrons. The van der Waals surface area contributed by atoms with E-state index in [9.17, 15) is 13.2 Å². The van der Waals surface area contributed by atoms with Crippen LogP contribution in [0.1, 0.15) is 49.6 Å². The van der Waals surface area contributed by atoms with Gasteiger partial charge < -0.3 is 14.8 Å². The number of nitrogens with one attached hydrogen (secondary N) is 2. The molecule has 0 bridgehead atoms. The summed E-state index contributed by atoms with van der Waals surface area (Å²) in [6.07, 6.45) is 2.93. The van der Waals surface area contributed by atoms with E-state index < -0.39 is 26.6 Å². The van der Waals surface area contributed by atoms with E-state index in [0.29, 0.717) is 44.9 Å². The van der Waals surface area contributed by atoms with Crippen molar-refractivity contribution in [2.75, 3.05) is 12.1 Å². The number of nitrogens with zero attached hydrogens (tertiary/aromatic N) is 1. The zero-order valence-corrected chi connectivity index (χ0v) is 22.9. The smallest absolute Gasteiger partial charge is 0.275 e. The number of carbonyl (C=O) groups excluding carboxylic acids is 1. The number of nitrogens with two attached hydrogens (primary N) is 1. The number of carbonyl (C=O) groups is 1. The van der Waals surface area contributed by atoms with E-state index in [4.69, 9.17) is 26.2 Å². The quantitative estimate of drug-likeness (QED) is 0.394. The summed E-state index contributed by atoms with van der Waals surface area (Å²) in [6.45, 7) is 5.80. The number of amides is 1. The minimum Gasteiger partial charge on any atom is -0.454 e. The molecule has 1 aromatic heterocycles. The molecule has 3 aromatic rings. The van der Waals surface area contributed by atoms with Crippen LogP contribution in [0.5, 0.6) is 11.5 Å². The van der Waals surface area contributed by atoms with Crippen LogP contribution in [-0.4, -0.2) is 26.1 Å². The van der Waals surface area contributed by atoms with Gasteiger partial charge in [-0.3, -0.25) is 4.79 Å². The Morgan fingerprint density at radius 3 is 2.49 bits per heavy atom. The summed E-state index contributed by atoms with van der Waals surface area (Å²) in [6, 6.07) is 12.5. The van der Waals surface area contributed by atoms with Crippen molar-refractivity contribution in [2.45, 2.75) is 44.6 Å². The van der Waals surface area contributed by atoms with Gasteiger partial charge in [0.05, 0.1) is 10.3 Å². The summed E-state index contributed by atoms with van der Waals surface area (Å²) in [5, 5.41) is 9.16. The van der Waals surface area contributed by atoms with Gasteiger partial charge >= 0.3 is 0 Å². The Balaban J connectivity index is 1.51. The largest absolute Gasteiger partial charge is 0.454 e. The second-order valence-electron chi connectivity index (χ2n) is 10.3. The maximum atomic E-state index is 13.4. The summed E-state index contributed by atoms with van der Waals surface area (Å²) < 4.78 is 38.4. The fourth-order valence-electron chi connectivity index (χ4n) is 4.83. The number of halogens is 1. The van der Waals surface area contributed by atoms with Gasteiger partial charge in [0, 0.05) is 11.2 Å². The van der Waals surface area contributed by atoms with E-state index in [1.54, 1.807) is 30.5 Å². The van der Waals surface area contributed by atoms with Gasteiger partial charge in [-0.2, -0.15) is 13.1 Å². The average molecular weight is 563 g/mol. The first kappa shape index (κ1) is 25.9. The molecular formula is C25H27ClN4O5S2. The number of anilines is 1. The van der Waals surface area contributed by atoms with Gasteiger partial charge in [-0.25, -0.2) is 10.1 Å². The Labute approximate surface area is 224 Å². The average Bonchev–Trinajstić information content (AvgIpc) is 3.26. The third kappa shape index (κ3) is 4.59. The summed E-state index contributed by atoms with van der Waals surface area (Å²) >= 11 is 7.75. The molecule has 4 N–H and O–H groups in total. The summed E-state index contributed by atoms with van der Waals surface area (Å²) in [7, 11) is -4.19. The highest BCUT2D eigenvalue weighted by Gasteiger charge is 2.53. The first-order valence-electron chi connectivity index (χ1n) is 11.6. The number of thiazole rings is 1. The molecule has 1 amide bonds. The molecule has 37 heavy (non-hydrogen) atoms. The number of hydrogen-bond donors (Lipinski definition) is 3. The molecule has 1 aliphatic heterocycles. The van der Waals surface area contributed by atoms with Gasteiger partial charge in [0.15, 0.2) is 16.6 Å². The number of ether oxygens (including phenoxy) is 2. The van der Waals surface area contributed by atoms with Gasteiger partial charge in [0.25, 0.3) is 10.2 Å². The van der Waals surface area contributed by atoms with E-state index in [1.165, 1.54) is 11.3 Å². The minimum atomic E-state index is -4.19. The molecule has 2 aromatic carbocycles. The Hall–Kier alpha value is -2.70. The van der Waals surface area contributed by atoms with Crippen molar-refractivity contribution < 1.29 is 22.7 Å². The van der Waals surface area contributed by atoms with Crippen LogP contribution >= 0.6 is 22.9 Å². The maximum Gasteiger partial charge on any atom is 0.275 e. The lowest BCUT2D eigenvalue weighted by atomic mass is 9.69. The first-order chi connectivity index (χ1) is 17.4. The van der Waals surface area contributed by atoms with Crippen LogP contribution in [0.4, 0.5) is 5.13 Å². The van der Waals surface area contributed by atoms with Crippen LogP contribution in [0, 0.1) is 5.41 Å². The molecule has 9 nitrogen and oxygen atoms in total. The van der Waals surface area contributed by atoms with Crippen LogP contribution in [0.15, 0.2) is 48.7 Å². The minimum absolute atomic E-state index is 0.160. The van der Waals surface area contributed by atoms with E-state index in [0.717, 1.165) is 5.56 Å². The predicted molar refractivity (Wildman–Crippen MR) is 142 cm³/mol. The van der Waals surface area contributed by atoms with Gasteiger partial charge in [0.1, 0.15) is 5.54 Å². The molecule has 1 aliphatic carbocycles. The van der Waals surface area contributed by atoms with Crippen molar-refractivity contribution in [2.24, 2.45) is 10.6 Å². The molecule has 0 unspecified atom stereocenters. The number of rotatable bonds is 7. The van der Waals surface area contributed by atoms with Crippen LogP contribution < -0.4 is 24.7 Å². The molecular weight excluding hydrogens is 536 g/mol. The van der Waals surface area contributed by atoms with Gasteiger partial charge in [-0.15, -0.1) is 0 Å². The van der Waals surface area contributed by atoms with E-state index in [1.807, 2.05) is 39.0 Å². The number of hydrogen-bond acceptors (Lipinski definition) is 7. The van der Waals surface area contributed by atoms with E-state index >= 15 is 0 Å². The molecule has 2 aliphatic rings. The molecule has 196 valence electrons. The van der Waals surface area contributed by atoms with Crippen LogP contribution in [0.3, 0.4) is 0 Å². The fourth-order valence-corrected chi connectivity index (χ4v) is 7.31. The monoisotopic (exact) mass is 562 g/mol. The van der Waals surface area contributed by atoms with Crippen LogP contribution in [0.25, 0.3) is 0 Å². The summed E-state index contributed by atoms with van der Waals surface area (Å²) in [5.74, 6) is 1.09. The SMILES string of the molecule is CC(C)(C)[C@@](NS(N)(=O)=O)(c1cnc(NC(=O)C2(c3ccc4c(c3)OCO4)CC2)s1)c1ccccc1Cl. The van der Waals surface area contributed by atoms with Gasteiger partial charge in [-0.1, -0.05) is 68.0 Å². The highest BCUT2D eigenvalue weighted by atomic mass is 35.5. The summed E-state index contributed by atoms with van der Waals surface area (Å²) in [4.78, 5) is 18.4. The second kappa shape index (κ2) is 8.95. The van der Waals surface area contributed by atoms with E-state index in [2.05, 4.69) is 15.0 Å². The molecule has 0 saturated heterocycles. The predicted octanol–water partition coefficient (Wildman–Crippen LogP) is 4.28. The molecule has 1 atom stereocenters. The highest BCUT2D eigenvalue weighted by molar-refractivity contribution is 7.87. The number of benzene rings is 2. The first-order valence-corrected chi connectivity index (χ1v) is 14.3. The fraction of sp³-hybridized carbons (Fsp3) is 0.360. The molecule has 12 heteroatoms. The normalized spacial score (nSPS) is 17.8. The Bertz CT molecular complexity index is 1480. The van der Waals surface area contributed by atoms with Crippen LogP contribution in [-0.2, 0) is 26.0 Å². The lowest BCUT2D eigenvalue weighted by Crippen LogP contribution is -2.56. The van der Waals surface area contributed by atoms with Crippen molar-refractivity contribution in [1.29, 1.82) is 0 Å². The van der Waals surface area contributed by atoms with Crippen molar-refractivity contribution >= 4 is 44.2 Å². The van der Waals surface area contributed by atoms with Crippen molar-refractivity contribution in [3.05, 3.63) is 69.7 Å². The lowest BCUT2D eigenvalue weighted by molar-refractivity contribution is -0.118. The number of fused-ring (bicyclic) bond motifs is 1. The number of aromatic nitrogens is 1. The Kier molecular flexibility index (Phi) is 6.27. The lowest BCUT2D eigenvalue weighted by Gasteiger charge is -2.44. The van der Waals surface area contributed by atoms with Crippen LogP contribution in [0.2, 0.25) is 5.02 Å². The molecule has 1 fully saturated rings. The van der Waals surface area contributed by atoms with Crippen molar-refractivity contribution in [1.82, 2.24) is 9.71 Å². The highest BCUT2D eigenvalue weighted by Crippen LogP contribution is 2.52. The van der Waals surface area contributed by atoms with Crippen molar-refractivity contribution in [3.8, 4) is 11.5 Å². The van der Waals surface area contributed by atoms with Gasteiger partial charge in [0.2, 0.25) is 12.7 Å². The van der Waals surface area contributed by atoms with Gasteiger partial charge in [-0.05, 0) is 47.6 Å². The maximum absolute atomic E-state index is 13.4.